The minimum absolute atomic E-state index is 0.244. The van der Waals surface area contributed by atoms with Gasteiger partial charge in [-0.25, -0.2) is 9.78 Å². The molecule has 0 saturated heterocycles. The molecule has 0 unspecified atom stereocenters. The fourth-order valence-electron chi connectivity index (χ4n) is 3.18. The minimum atomic E-state index is -0.530. The average Bonchev–Trinajstić information content (AvgIpc) is 3.25. The van der Waals surface area contributed by atoms with E-state index in [9.17, 15) is 9.59 Å². The Hall–Kier alpha value is -3.58. The second kappa shape index (κ2) is 6.54. The fraction of sp³-hybridized carbons (Fsp3) is 0.0476. The van der Waals surface area contributed by atoms with Crippen LogP contribution < -0.4 is 5.63 Å². The number of carbonyl (C=O) groups excluding carboxylic acids is 1. The zero-order chi connectivity index (χ0) is 19.1. The Bertz CT molecular complexity index is 1380. The third-order valence-electron chi connectivity index (χ3n) is 4.49. The highest BCUT2D eigenvalue weighted by Crippen LogP contribution is 2.27. The molecule has 0 radical (unpaired) electrons. The first-order valence-electron chi connectivity index (χ1n) is 8.64. The van der Waals surface area contributed by atoms with E-state index in [1.807, 2.05) is 42.5 Å². The monoisotopic (exact) mass is 387 g/mol. The number of hydrogen-bond acceptors (Lipinski definition) is 6. The van der Waals surface area contributed by atoms with Crippen LogP contribution in [0.1, 0.15) is 21.1 Å². The lowest BCUT2D eigenvalue weighted by molar-refractivity contribution is 0.111. The maximum Gasteiger partial charge on any atom is 0.345 e. The summed E-state index contributed by atoms with van der Waals surface area (Å²) in [6.07, 6.45) is 1.33. The normalized spacial score (nSPS) is 11.3. The largest absolute Gasteiger partial charge is 0.422 e. The first-order valence-corrected chi connectivity index (χ1v) is 9.45. The third kappa shape index (κ3) is 2.73. The Kier molecular flexibility index (Phi) is 3.87. The molecular formula is C21H13N3O3S. The molecule has 136 valence electrons. The van der Waals surface area contributed by atoms with Crippen LogP contribution >= 0.6 is 11.3 Å². The maximum atomic E-state index is 12.5. The van der Waals surface area contributed by atoms with Crippen LogP contribution in [0.25, 0.3) is 27.2 Å². The van der Waals surface area contributed by atoms with Crippen LogP contribution in [-0.2, 0) is 6.42 Å². The molecule has 2 aromatic carbocycles. The van der Waals surface area contributed by atoms with E-state index < -0.39 is 5.63 Å². The molecule has 0 aliphatic carbocycles. The second-order valence-corrected chi connectivity index (χ2v) is 7.34. The summed E-state index contributed by atoms with van der Waals surface area (Å²) in [5.41, 5.74) is 1.88. The number of hydrogen-bond donors (Lipinski definition) is 0. The number of para-hydroxylation sites is 1. The van der Waals surface area contributed by atoms with Crippen LogP contribution in [0, 0.1) is 0 Å². The van der Waals surface area contributed by atoms with Gasteiger partial charge in [0, 0.05) is 11.8 Å². The lowest BCUT2D eigenvalue weighted by Gasteiger charge is -2.00. The molecule has 7 heteroatoms. The molecule has 5 aromatic rings. The molecule has 0 N–H and O–H groups in total. The number of benzene rings is 2. The van der Waals surface area contributed by atoms with E-state index in [0.717, 1.165) is 16.0 Å². The van der Waals surface area contributed by atoms with E-state index in [0.29, 0.717) is 28.9 Å². The Morgan fingerprint density at radius 3 is 2.68 bits per heavy atom. The Morgan fingerprint density at radius 2 is 1.86 bits per heavy atom. The summed E-state index contributed by atoms with van der Waals surface area (Å²) in [5, 5.41) is 6.13. The van der Waals surface area contributed by atoms with Crippen molar-refractivity contribution in [3.05, 3.63) is 87.3 Å². The summed E-state index contributed by atoms with van der Waals surface area (Å²) in [6, 6.07) is 18.9. The fourth-order valence-corrected chi connectivity index (χ4v) is 4.11. The molecule has 0 bridgehead atoms. The predicted octanol–water partition coefficient (Wildman–Crippen LogP) is 3.97. The van der Waals surface area contributed by atoms with Crippen molar-refractivity contribution < 1.29 is 9.21 Å². The van der Waals surface area contributed by atoms with Gasteiger partial charge in [-0.1, -0.05) is 59.9 Å². The van der Waals surface area contributed by atoms with E-state index in [1.165, 1.54) is 15.9 Å². The van der Waals surface area contributed by atoms with Crippen molar-refractivity contribution in [2.24, 2.45) is 0 Å². The smallest absolute Gasteiger partial charge is 0.345 e. The van der Waals surface area contributed by atoms with Crippen LogP contribution in [0.5, 0.6) is 0 Å². The first-order chi connectivity index (χ1) is 13.7. The molecule has 3 aromatic heterocycles. The van der Waals surface area contributed by atoms with Crippen LogP contribution in [0.4, 0.5) is 0 Å². The summed E-state index contributed by atoms with van der Waals surface area (Å²) in [7, 11) is 0. The van der Waals surface area contributed by atoms with Gasteiger partial charge >= 0.3 is 5.63 Å². The Labute approximate surface area is 162 Å². The standard InChI is InChI=1S/C21H13N3O3S/c25-12-16-19(15-11-14-8-4-5-9-17(14)27-20(15)26)22-21-24(16)23-18(28-21)10-13-6-2-1-3-7-13/h1-9,11-12H,10H2. The molecule has 0 fully saturated rings. The lowest BCUT2D eigenvalue weighted by atomic mass is 10.1. The maximum absolute atomic E-state index is 12.5. The molecule has 5 rings (SSSR count). The SMILES string of the molecule is O=Cc1c(-c2cc3ccccc3oc2=O)nc2sc(Cc3ccccc3)nn12. The average molecular weight is 387 g/mol. The summed E-state index contributed by atoms with van der Waals surface area (Å²) in [5.74, 6) is 0. The van der Waals surface area contributed by atoms with Gasteiger partial charge in [-0.2, -0.15) is 9.61 Å². The second-order valence-electron chi connectivity index (χ2n) is 6.30. The molecule has 0 aliphatic rings. The molecule has 6 nitrogen and oxygen atoms in total. The quantitative estimate of drug-likeness (QED) is 0.344. The number of aldehydes is 1. The van der Waals surface area contributed by atoms with Crippen molar-refractivity contribution in [2.45, 2.75) is 6.42 Å². The number of imidazole rings is 1. The summed E-state index contributed by atoms with van der Waals surface area (Å²) >= 11 is 1.40. The van der Waals surface area contributed by atoms with Crippen LogP contribution in [0.15, 0.2) is 69.9 Å². The van der Waals surface area contributed by atoms with Crippen LogP contribution in [-0.4, -0.2) is 20.9 Å². The van der Waals surface area contributed by atoms with Crippen molar-refractivity contribution in [3.63, 3.8) is 0 Å². The molecule has 0 aliphatic heterocycles. The topological polar surface area (TPSA) is 77.5 Å². The van der Waals surface area contributed by atoms with Gasteiger partial charge in [-0.3, -0.25) is 4.79 Å². The van der Waals surface area contributed by atoms with E-state index >= 15 is 0 Å². The zero-order valence-corrected chi connectivity index (χ0v) is 15.3. The van der Waals surface area contributed by atoms with Crippen molar-refractivity contribution in [1.82, 2.24) is 14.6 Å². The van der Waals surface area contributed by atoms with E-state index in [-0.39, 0.29) is 11.3 Å². The Balaban J connectivity index is 1.63. The van der Waals surface area contributed by atoms with Gasteiger partial charge in [0.1, 0.15) is 22.0 Å². The molecule has 0 amide bonds. The molecule has 0 spiro atoms. The molecule has 3 heterocycles. The van der Waals surface area contributed by atoms with E-state index in [1.54, 1.807) is 18.2 Å². The third-order valence-corrected chi connectivity index (χ3v) is 5.39. The van der Waals surface area contributed by atoms with Gasteiger partial charge in [0.15, 0.2) is 6.29 Å². The van der Waals surface area contributed by atoms with Gasteiger partial charge in [0.25, 0.3) is 0 Å². The van der Waals surface area contributed by atoms with Crippen LogP contribution in [0.3, 0.4) is 0 Å². The van der Waals surface area contributed by atoms with Crippen LogP contribution in [0.2, 0.25) is 0 Å². The molecule has 28 heavy (non-hydrogen) atoms. The van der Waals surface area contributed by atoms with Crippen molar-refractivity contribution in [3.8, 4) is 11.3 Å². The number of aromatic nitrogens is 3. The molecule has 0 saturated carbocycles. The number of fused-ring (bicyclic) bond motifs is 2. The number of rotatable bonds is 4. The lowest BCUT2D eigenvalue weighted by Crippen LogP contribution is -2.05. The van der Waals surface area contributed by atoms with Crippen molar-refractivity contribution in [2.75, 3.05) is 0 Å². The minimum Gasteiger partial charge on any atom is -0.422 e. The summed E-state index contributed by atoms with van der Waals surface area (Å²) in [4.78, 5) is 29.3. The van der Waals surface area contributed by atoms with E-state index in [2.05, 4.69) is 10.1 Å². The Morgan fingerprint density at radius 1 is 1.07 bits per heavy atom. The van der Waals surface area contributed by atoms with Gasteiger partial charge in [0.2, 0.25) is 4.96 Å². The predicted molar refractivity (Wildman–Crippen MR) is 107 cm³/mol. The van der Waals surface area contributed by atoms with Gasteiger partial charge in [-0.05, 0) is 17.7 Å². The highest BCUT2D eigenvalue weighted by molar-refractivity contribution is 7.16. The summed E-state index contributed by atoms with van der Waals surface area (Å²) < 4.78 is 6.88. The van der Waals surface area contributed by atoms with Gasteiger partial charge in [-0.15, -0.1) is 0 Å². The zero-order valence-electron chi connectivity index (χ0n) is 14.5. The van der Waals surface area contributed by atoms with Crippen molar-refractivity contribution >= 4 is 33.6 Å². The highest BCUT2D eigenvalue weighted by Gasteiger charge is 2.21. The first kappa shape index (κ1) is 16.6. The van der Waals surface area contributed by atoms with Crippen molar-refractivity contribution in [1.29, 1.82) is 0 Å². The number of nitrogens with zero attached hydrogens (tertiary/aromatic N) is 3. The van der Waals surface area contributed by atoms with Gasteiger partial charge < -0.3 is 4.42 Å². The number of carbonyl (C=O) groups is 1. The summed E-state index contributed by atoms with van der Waals surface area (Å²) in [6.45, 7) is 0. The van der Waals surface area contributed by atoms with E-state index in [4.69, 9.17) is 4.42 Å². The molecular weight excluding hydrogens is 374 g/mol. The highest BCUT2D eigenvalue weighted by atomic mass is 32.1. The van der Waals surface area contributed by atoms with Gasteiger partial charge in [0.05, 0.1) is 5.56 Å². The molecule has 0 atom stereocenters.